The Kier molecular flexibility index (Phi) is 3.35. The number of rotatable bonds is 4. The van der Waals surface area contributed by atoms with Crippen molar-refractivity contribution in [3.05, 3.63) is 23.3 Å². The van der Waals surface area contributed by atoms with Gasteiger partial charge in [0.1, 0.15) is 6.04 Å². The van der Waals surface area contributed by atoms with Crippen LogP contribution in [0.2, 0.25) is 0 Å². The highest BCUT2D eigenvalue weighted by Crippen LogP contribution is 2.38. The van der Waals surface area contributed by atoms with E-state index in [4.69, 9.17) is 14.6 Å². The number of aliphatic carboxylic acids is 1. The number of amides is 2. The van der Waals surface area contributed by atoms with Gasteiger partial charge in [0.25, 0.3) is 11.8 Å². The first kappa shape index (κ1) is 13.9. The number of carboxylic acid groups (broad SMARTS) is 1. The lowest BCUT2D eigenvalue weighted by molar-refractivity contribution is -0.140. The summed E-state index contributed by atoms with van der Waals surface area (Å²) in [5.74, 6) is -2.18. The van der Waals surface area contributed by atoms with Crippen molar-refractivity contribution in [2.75, 3.05) is 14.2 Å². The smallest absolute Gasteiger partial charge is 0.326 e. The van der Waals surface area contributed by atoms with Gasteiger partial charge in [-0.1, -0.05) is 0 Å². The predicted octanol–water partition coefficient (Wildman–Crippen LogP) is 0.773. The zero-order valence-corrected chi connectivity index (χ0v) is 11.2. The van der Waals surface area contributed by atoms with Gasteiger partial charge in [0, 0.05) is 0 Å². The lowest BCUT2D eigenvalue weighted by Gasteiger charge is -2.18. The van der Waals surface area contributed by atoms with E-state index < -0.39 is 23.8 Å². The maximum absolute atomic E-state index is 12.3. The summed E-state index contributed by atoms with van der Waals surface area (Å²) >= 11 is 0. The first-order valence-corrected chi connectivity index (χ1v) is 5.79. The first-order chi connectivity index (χ1) is 9.43. The van der Waals surface area contributed by atoms with Gasteiger partial charge in [-0.3, -0.25) is 14.5 Å². The Morgan fingerprint density at radius 1 is 1.20 bits per heavy atom. The summed E-state index contributed by atoms with van der Waals surface area (Å²) in [6, 6.07) is 1.67. The minimum Gasteiger partial charge on any atom is -0.493 e. The molecule has 0 spiro atoms. The fraction of sp³-hybridized carbons (Fsp3) is 0.308. The topological polar surface area (TPSA) is 93.1 Å². The monoisotopic (exact) mass is 279 g/mol. The van der Waals surface area contributed by atoms with Crippen molar-refractivity contribution in [2.45, 2.75) is 13.0 Å². The van der Waals surface area contributed by atoms with Crippen LogP contribution in [0, 0.1) is 0 Å². The Morgan fingerprint density at radius 2 is 1.85 bits per heavy atom. The van der Waals surface area contributed by atoms with Crippen LogP contribution in [0.3, 0.4) is 0 Å². The minimum absolute atomic E-state index is 0.0324. The summed E-state index contributed by atoms with van der Waals surface area (Å²) in [6.07, 6.45) is 0. The average molecular weight is 279 g/mol. The van der Waals surface area contributed by atoms with E-state index in [1.54, 1.807) is 0 Å². The van der Waals surface area contributed by atoms with E-state index in [2.05, 4.69) is 0 Å². The van der Waals surface area contributed by atoms with Crippen LogP contribution in [0.4, 0.5) is 0 Å². The third-order valence-corrected chi connectivity index (χ3v) is 3.17. The molecule has 1 aromatic carbocycles. The maximum Gasteiger partial charge on any atom is 0.326 e. The number of hydrogen-bond acceptors (Lipinski definition) is 5. The van der Waals surface area contributed by atoms with Gasteiger partial charge < -0.3 is 14.6 Å². The van der Waals surface area contributed by atoms with Crippen molar-refractivity contribution in [3.8, 4) is 11.5 Å². The third-order valence-electron chi connectivity index (χ3n) is 3.17. The second kappa shape index (κ2) is 4.84. The third kappa shape index (κ3) is 1.78. The van der Waals surface area contributed by atoms with Crippen LogP contribution in [0.1, 0.15) is 27.6 Å². The second-order valence-electron chi connectivity index (χ2n) is 4.22. The Bertz CT molecular complexity index is 609. The number of imide groups is 1. The summed E-state index contributed by atoms with van der Waals surface area (Å²) in [5, 5.41) is 8.98. The number of nitrogens with zero attached hydrogens (tertiary/aromatic N) is 1. The largest absolute Gasteiger partial charge is 0.493 e. The van der Waals surface area contributed by atoms with Crippen LogP contribution in [-0.4, -0.2) is 48.1 Å². The van der Waals surface area contributed by atoms with Crippen LogP contribution in [0.15, 0.2) is 12.1 Å². The van der Waals surface area contributed by atoms with Gasteiger partial charge in [-0.15, -0.1) is 0 Å². The van der Waals surface area contributed by atoms with Crippen LogP contribution >= 0.6 is 0 Å². The van der Waals surface area contributed by atoms with Crippen molar-refractivity contribution in [1.82, 2.24) is 4.90 Å². The summed E-state index contributed by atoms with van der Waals surface area (Å²) < 4.78 is 10.2. The molecule has 1 aliphatic heterocycles. The molecular weight excluding hydrogens is 266 g/mol. The van der Waals surface area contributed by atoms with Gasteiger partial charge in [-0.05, 0) is 19.1 Å². The fourth-order valence-corrected chi connectivity index (χ4v) is 2.12. The molecular formula is C13H13NO6. The number of methoxy groups -OCH3 is 2. The van der Waals surface area contributed by atoms with Crippen LogP contribution in [0.25, 0.3) is 0 Å². The Hall–Kier alpha value is -2.57. The number of carbonyl (C=O) groups excluding carboxylic acids is 2. The molecule has 7 heteroatoms. The molecule has 20 heavy (non-hydrogen) atoms. The molecule has 2 rings (SSSR count). The number of fused-ring (bicyclic) bond motifs is 1. The number of benzene rings is 1. The van der Waals surface area contributed by atoms with E-state index >= 15 is 0 Å². The summed E-state index contributed by atoms with van der Waals surface area (Å²) in [7, 11) is 2.75. The fourth-order valence-electron chi connectivity index (χ4n) is 2.12. The van der Waals surface area contributed by atoms with Gasteiger partial charge in [0.2, 0.25) is 0 Å². The molecule has 1 aromatic rings. The summed E-state index contributed by atoms with van der Waals surface area (Å²) in [6.45, 7) is 1.27. The van der Waals surface area contributed by atoms with E-state index in [0.29, 0.717) is 10.6 Å². The molecule has 1 atom stereocenters. The van der Waals surface area contributed by atoms with Crippen molar-refractivity contribution in [2.24, 2.45) is 0 Å². The molecule has 0 saturated carbocycles. The number of ether oxygens (including phenoxy) is 2. The normalized spacial score (nSPS) is 15.1. The first-order valence-electron chi connectivity index (χ1n) is 5.79. The molecule has 1 N–H and O–H groups in total. The molecule has 0 fully saturated rings. The molecule has 0 saturated heterocycles. The molecule has 0 aromatic heterocycles. The van der Waals surface area contributed by atoms with Crippen LogP contribution in [-0.2, 0) is 4.79 Å². The molecule has 0 aliphatic carbocycles. The molecule has 1 aliphatic rings. The molecule has 0 unspecified atom stereocenters. The predicted molar refractivity (Wildman–Crippen MR) is 67.1 cm³/mol. The highest BCUT2D eigenvalue weighted by atomic mass is 16.5. The second-order valence-corrected chi connectivity index (χ2v) is 4.22. The molecule has 0 bridgehead atoms. The van der Waals surface area contributed by atoms with Crippen LogP contribution in [0.5, 0.6) is 11.5 Å². The SMILES string of the molecule is COc1ccc2c(c1OC)C(=O)N([C@H](C)C(=O)O)C2=O. The van der Waals surface area contributed by atoms with Crippen molar-refractivity contribution < 1.29 is 29.0 Å². The quantitative estimate of drug-likeness (QED) is 0.818. The highest BCUT2D eigenvalue weighted by Gasteiger charge is 2.43. The van der Waals surface area contributed by atoms with E-state index in [-0.39, 0.29) is 16.9 Å². The summed E-state index contributed by atoms with van der Waals surface area (Å²) in [4.78, 5) is 36.2. The Morgan fingerprint density at radius 3 is 2.35 bits per heavy atom. The van der Waals surface area contributed by atoms with Gasteiger partial charge in [-0.25, -0.2) is 4.79 Å². The van der Waals surface area contributed by atoms with Crippen molar-refractivity contribution in [3.63, 3.8) is 0 Å². The van der Waals surface area contributed by atoms with E-state index in [1.165, 1.54) is 33.3 Å². The minimum atomic E-state index is -1.26. The van der Waals surface area contributed by atoms with Gasteiger partial charge in [0.15, 0.2) is 11.5 Å². The molecule has 2 amide bonds. The Balaban J connectivity index is 2.60. The number of carboxylic acids is 1. The molecule has 106 valence electrons. The van der Waals surface area contributed by atoms with E-state index in [0.717, 1.165) is 0 Å². The number of carbonyl (C=O) groups is 3. The zero-order chi connectivity index (χ0) is 15.0. The van der Waals surface area contributed by atoms with E-state index in [9.17, 15) is 14.4 Å². The van der Waals surface area contributed by atoms with Gasteiger partial charge >= 0.3 is 5.97 Å². The molecule has 1 heterocycles. The lowest BCUT2D eigenvalue weighted by atomic mass is 10.1. The molecule has 0 radical (unpaired) electrons. The van der Waals surface area contributed by atoms with Crippen LogP contribution < -0.4 is 9.47 Å². The van der Waals surface area contributed by atoms with Crippen molar-refractivity contribution in [1.29, 1.82) is 0 Å². The zero-order valence-electron chi connectivity index (χ0n) is 11.2. The van der Waals surface area contributed by atoms with E-state index in [1.807, 2.05) is 0 Å². The average Bonchev–Trinajstić information content (AvgIpc) is 2.68. The van der Waals surface area contributed by atoms with Gasteiger partial charge in [0.05, 0.1) is 25.3 Å². The van der Waals surface area contributed by atoms with Gasteiger partial charge in [-0.2, -0.15) is 0 Å². The van der Waals surface area contributed by atoms with Crippen molar-refractivity contribution >= 4 is 17.8 Å². The summed E-state index contributed by atoms with van der Waals surface area (Å²) in [5.41, 5.74) is 0.144. The molecule has 7 nitrogen and oxygen atoms in total. The number of hydrogen-bond donors (Lipinski definition) is 1. The lowest BCUT2D eigenvalue weighted by Crippen LogP contribution is -2.42. The highest BCUT2D eigenvalue weighted by molar-refractivity contribution is 6.24. The standard InChI is InChI=1S/C13H13NO6/c1-6(13(17)18)14-11(15)7-4-5-8(19-2)10(20-3)9(7)12(14)16/h4-6H,1-3H3,(H,17,18)/t6-/m1/s1. The Labute approximate surface area is 114 Å². The maximum atomic E-state index is 12.3.